The van der Waals surface area contributed by atoms with Crippen LogP contribution in [0.5, 0.6) is 6.01 Å². The van der Waals surface area contributed by atoms with Crippen LogP contribution < -0.4 is 15.0 Å². The lowest BCUT2D eigenvalue weighted by Crippen LogP contribution is -2.43. The third-order valence-electron chi connectivity index (χ3n) is 9.34. The van der Waals surface area contributed by atoms with E-state index in [-0.39, 0.29) is 28.8 Å². The Labute approximate surface area is 238 Å². The van der Waals surface area contributed by atoms with Gasteiger partial charge in [-0.25, -0.2) is 4.39 Å². The molecule has 1 unspecified atom stereocenters. The summed E-state index contributed by atoms with van der Waals surface area (Å²) >= 11 is 6.60. The highest BCUT2D eigenvalue weighted by Gasteiger charge is 2.45. The van der Waals surface area contributed by atoms with Crippen molar-refractivity contribution in [1.82, 2.24) is 25.2 Å². The van der Waals surface area contributed by atoms with E-state index in [9.17, 15) is 0 Å². The predicted molar refractivity (Wildman–Crippen MR) is 158 cm³/mol. The predicted octanol–water partition coefficient (Wildman–Crippen LogP) is 5.69. The van der Waals surface area contributed by atoms with Crippen molar-refractivity contribution in [1.29, 1.82) is 0 Å². The summed E-state index contributed by atoms with van der Waals surface area (Å²) in [6, 6.07) is 11.8. The molecule has 4 aromatic rings. The van der Waals surface area contributed by atoms with Crippen molar-refractivity contribution in [2.75, 3.05) is 44.7 Å². The summed E-state index contributed by atoms with van der Waals surface area (Å²) < 4.78 is 22.9. The zero-order valence-corrected chi connectivity index (χ0v) is 23.7. The second-order valence-electron chi connectivity index (χ2n) is 11.7. The topological polar surface area (TPSA) is 66.4 Å². The van der Waals surface area contributed by atoms with E-state index in [4.69, 9.17) is 21.3 Å². The number of benzene rings is 2. The molecule has 5 heterocycles. The summed E-state index contributed by atoms with van der Waals surface area (Å²) in [5.41, 5.74) is 1.11. The largest absolute Gasteiger partial charge is 0.461 e. The standard InChI is InChI=1S/C31H34ClFN6O/c1-19-15-34-17-24(19)38(2)29-22-16-35-27(21-9-3-7-20-8-4-10-23(32)25(20)21)26(33)28(22)36-30(37-29)40-18-31-11-5-13-39(31)14-6-12-31/h3-4,7-10,16,19,24,34H,5-6,11-15,17-18H2,1-2H3/t19-,24?/m0/s1. The molecule has 3 aliphatic heterocycles. The number of aromatic nitrogens is 3. The van der Waals surface area contributed by atoms with Gasteiger partial charge in [0.05, 0.1) is 10.9 Å². The van der Waals surface area contributed by atoms with Gasteiger partial charge in [0.2, 0.25) is 0 Å². The van der Waals surface area contributed by atoms with Crippen molar-refractivity contribution >= 4 is 39.1 Å². The van der Waals surface area contributed by atoms with E-state index in [0.29, 0.717) is 34.3 Å². The fourth-order valence-corrected chi connectivity index (χ4v) is 7.45. The Kier molecular flexibility index (Phi) is 6.52. The van der Waals surface area contributed by atoms with Crippen LogP contribution in [-0.2, 0) is 0 Å². The van der Waals surface area contributed by atoms with Gasteiger partial charge in [0, 0.05) is 41.8 Å². The van der Waals surface area contributed by atoms with Crippen LogP contribution in [0.3, 0.4) is 0 Å². The molecule has 3 aliphatic rings. The van der Waals surface area contributed by atoms with Crippen LogP contribution in [0.2, 0.25) is 5.02 Å². The summed E-state index contributed by atoms with van der Waals surface area (Å²) in [5, 5.41) is 6.29. The molecule has 0 saturated carbocycles. The average molecular weight is 561 g/mol. The van der Waals surface area contributed by atoms with E-state index in [1.807, 2.05) is 43.4 Å². The van der Waals surface area contributed by atoms with E-state index in [2.05, 4.69) is 32.0 Å². The van der Waals surface area contributed by atoms with Crippen molar-refractivity contribution in [3.63, 3.8) is 0 Å². The van der Waals surface area contributed by atoms with Crippen LogP contribution in [0.4, 0.5) is 10.2 Å². The molecule has 208 valence electrons. The lowest BCUT2D eigenvalue weighted by Gasteiger charge is -2.32. The van der Waals surface area contributed by atoms with Gasteiger partial charge < -0.3 is 15.0 Å². The Morgan fingerprint density at radius 3 is 2.65 bits per heavy atom. The minimum Gasteiger partial charge on any atom is -0.461 e. The molecular formula is C31H34ClFN6O. The van der Waals surface area contributed by atoms with Crippen LogP contribution in [0.15, 0.2) is 42.6 Å². The molecule has 0 spiro atoms. The van der Waals surface area contributed by atoms with Gasteiger partial charge in [-0.1, -0.05) is 48.9 Å². The number of fused-ring (bicyclic) bond motifs is 3. The molecule has 3 fully saturated rings. The molecular weight excluding hydrogens is 527 g/mol. The van der Waals surface area contributed by atoms with Crippen molar-refractivity contribution in [3.8, 4) is 17.3 Å². The molecule has 1 N–H and O–H groups in total. The first kappa shape index (κ1) is 25.9. The number of rotatable bonds is 6. The van der Waals surface area contributed by atoms with Crippen molar-refractivity contribution in [3.05, 3.63) is 53.4 Å². The molecule has 2 atom stereocenters. The fraction of sp³-hybridized carbons (Fsp3) is 0.452. The number of hydrogen-bond acceptors (Lipinski definition) is 7. The van der Waals surface area contributed by atoms with Gasteiger partial charge in [0.1, 0.15) is 23.6 Å². The SMILES string of the molecule is C[C@H]1CNCC1N(C)c1nc(OCC23CCCN2CCC3)nc2c(F)c(-c3cccc4cccc(Cl)c34)ncc12. The van der Waals surface area contributed by atoms with Gasteiger partial charge >= 0.3 is 6.01 Å². The minimum atomic E-state index is -0.495. The van der Waals surface area contributed by atoms with Crippen LogP contribution in [-0.4, -0.2) is 71.3 Å². The van der Waals surface area contributed by atoms with E-state index in [1.165, 1.54) is 12.8 Å². The number of halogens is 2. The summed E-state index contributed by atoms with van der Waals surface area (Å²) in [6.07, 6.45) is 6.28. The molecule has 2 aromatic heterocycles. The number of likely N-dealkylation sites (N-methyl/N-ethyl adjacent to an activating group) is 1. The summed E-state index contributed by atoms with van der Waals surface area (Å²) in [4.78, 5) is 18.9. The summed E-state index contributed by atoms with van der Waals surface area (Å²) in [5.74, 6) is 0.561. The quantitative estimate of drug-likeness (QED) is 0.325. The first-order valence-electron chi connectivity index (χ1n) is 14.3. The Bertz CT molecular complexity index is 1580. The zero-order chi connectivity index (χ0) is 27.4. The van der Waals surface area contributed by atoms with Gasteiger partial charge in [0.15, 0.2) is 5.82 Å². The second-order valence-corrected chi connectivity index (χ2v) is 12.1. The van der Waals surface area contributed by atoms with Crippen molar-refractivity contribution in [2.24, 2.45) is 5.92 Å². The molecule has 7 rings (SSSR count). The smallest absolute Gasteiger partial charge is 0.319 e. The average Bonchev–Trinajstić information content (AvgIpc) is 3.67. The van der Waals surface area contributed by atoms with Crippen LogP contribution >= 0.6 is 11.6 Å². The lowest BCUT2D eigenvalue weighted by molar-refractivity contribution is 0.108. The summed E-state index contributed by atoms with van der Waals surface area (Å²) in [7, 11) is 2.02. The van der Waals surface area contributed by atoms with Crippen molar-refractivity contribution in [2.45, 2.75) is 44.2 Å². The molecule has 40 heavy (non-hydrogen) atoms. The van der Waals surface area contributed by atoms with Crippen LogP contribution in [0, 0.1) is 11.7 Å². The third kappa shape index (κ3) is 4.19. The van der Waals surface area contributed by atoms with E-state index in [0.717, 1.165) is 49.8 Å². The maximum Gasteiger partial charge on any atom is 0.319 e. The van der Waals surface area contributed by atoms with Gasteiger partial charge in [-0.05, 0) is 62.7 Å². The second kappa shape index (κ2) is 10.1. The molecule has 0 radical (unpaired) electrons. The molecule has 9 heteroatoms. The first-order chi connectivity index (χ1) is 19.4. The Morgan fingerprint density at radius 1 is 1.12 bits per heavy atom. The maximum absolute atomic E-state index is 16.6. The molecule has 0 aliphatic carbocycles. The minimum absolute atomic E-state index is 0.0376. The Hall–Kier alpha value is -3.07. The van der Waals surface area contributed by atoms with E-state index >= 15 is 4.39 Å². The highest BCUT2D eigenvalue weighted by Crippen LogP contribution is 2.40. The highest BCUT2D eigenvalue weighted by molar-refractivity contribution is 6.36. The van der Waals surface area contributed by atoms with E-state index in [1.54, 1.807) is 6.20 Å². The first-order valence-corrected chi connectivity index (χ1v) is 14.7. The number of pyridine rings is 1. The monoisotopic (exact) mass is 560 g/mol. The van der Waals surface area contributed by atoms with Crippen LogP contribution in [0.25, 0.3) is 32.9 Å². The number of nitrogens with zero attached hydrogens (tertiary/aromatic N) is 5. The van der Waals surface area contributed by atoms with Gasteiger partial charge in [-0.2, -0.15) is 9.97 Å². The fourth-order valence-electron chi connectivity index (χ4n) is 7.17. The molecule has 0 amide bonds. The number of hydrogen-bond donors (Lipinski definition) is 1. The maximum atomic E-state index is 16.6. The number of nitrogens with one attached hydrogen (secondary N) is 1. The molecule has 3 saturated heterocycles. The van der Waals surface area contributed by atoms with Gasteiger partial charge in [-0.15, -0.1) is 0 Å². The molecule has 0 bridgehead atoms. The van der Waals surface area contributed by atoms with Crippen LogP contribution in [0.1, 0.15) is 32.6 Å². The summed E-state index contributed by atoms with van der Waals surface area (Å²) in [6.45, 7) is 6.72. The number of anilines is 1. The Balaban J connectivity index is 1.36. The van der Waals surface area contributed by atoms with Crippen molar-refractivity contribution < 1.29 is 9.13 Å². The third-order valence-corrected chi connectivity index (χ3v) is 9.66. The highest BCUT2D eigenvalue weighted by atomic mass is 35.5. The molecule has 7 nitrogen and oxygen atoms in total. The van der Waals surface area contributed by atoms with Gasteiger partial charge in [-0.3, -0.25) is 9.88 Å². The lowest BCUT2D eigenvalue weighted by atomic mass is 9.95. The number of ether oxygens (including phenoxy) is 1. The normalized spacial score (nSPS) is 22.3. The Morgan fingerprint density at radius 2 is 1.90 bits per heavy atom. The van der Waals surface area contributed by atoms with E-state index < -0.39 is 5.82 Å². The molecule has 2 aromatic carbocycles. The van der Waals surface area contributed by atoms with Gasteiger partial charge in [0.25, 0.3) is 0 Å². The zero-order valence-electron chi connectivity index (χ0n) is 23.0.